The minimum atomic E-state index is -3.37. The summed E-state index contributed by atoms with van der Waals surface area (Å²) in [5.41, 5.74) is 1.91. The lowest BCUT2D eigenvalue weighted by Crippen LogP contribution is -2.40. The molecular formula is C23H24FN3O3S. The van der Waals surface area contributed by atoms with Crippen LogP contribution in [0.25, 0.3) is 11.3 Å². The first-order valence-corrected chi connectivity index (χ1v) is 11.9. The molecule has 0 radical (unpaired) electrons. The summed E-state index contributed by atoms with van der Waals surface area (Å²) in [6.45, 7) is 1.30. The largest absolute Gasteiger partial charge is 0.268 e. The predicted octanol–water partition coefficient (Wildman–Crippen LogP) is 3.29. The second kappa shape index (κ2) is 9.11. The summed E-state index contributed by atoms with van der Waals surface area (Å²) < 4.78 is 41.6. The Kier molecular flexibility index (Phi) is 6.29. The van der Waals surface area contributed by atoms with Gasteiger partial charge in [0.15, 0.2) is 0 Å². The van der Waals surface area contributed by atoms with Crippen LogP contribution in [0.15, 0.2) is 71.5 Å². The molecule has 3 aromatic rings. The van der Waals surface area contributed by atoms with Crippen molar-refractivity contribution in [3.05, 3.63) is 88.5 Å². The maximum absolute atomic E-state index is 13.2. The van der Waals surface area contributed by atoms with Crippen LogP contribution in [0.1, 0.15) is 18.4 Å². The first-order valence-electron chi connectivity index (χ1n) is 10.3. The van der Waals surface area contributed by atoms with Crippen LogP contribution in [0.3, 0.4) is 0 Å². The van der Waals surface area contributed by atoms with Crippen LogP contribution < -0.4 is 5.56 Å². The summed E-state index contributed by atoms with van der Waals surface area (Å²) >= 11 is 0. The second-order valence-corrected chi connectivity index (χ2v) is 9.80. The molecule has 2 aromatic carbocycles. The summed E-state index contributed by atoms with van der Waals surface area (Å²) in [7, 11) is -3.37. The Morgan fingerprint density at radius 2 is 1.61 bits per heavy atom. The van der Waals surface area contributed by atoms with Crippen molar-refractivity contribution in [1.82, 2.24) is 14.1 Å². The monoisotopic (exact) mass is 441 g/mol. The molecule has 0 amide bonds. The van der Waals surface area contributed by atoms with Crippen LogP contribution in [0, 0.1) is 11.7 Å². The van der Waals surface area contributed by atoms with Gasteiger partial charge in [-0.1, -0.05) is 30.3 Å². The molecule has 162 valence electrons. The van der Waals surface area contributed by atoms with Gasteiger partial charge in [0.2, 0.25) is 10.0 Å². The van der Waals surface area contributed by atoms with Crippen molar-refractivity contribution in [1.29, 1.82) is 0 Å². The Hall–Kier alpha value is -2.84. The Morgan fingerprint density at radius 3 is 2.29 bits per heavy atom. The highest BCUT2D eigenvalue weighted by Gasteiger charge is 2.28. The predicted molar refractivity (Wildman–Crippen MR) is 117 cm³/mol. The molecule has 4 rings (SSSR count). The molecular weight excluding hydrogens is 417 g/mol. The fourth-order valence-corrected chi connectivity index (χ4v) is 5.41. The summed E-state index contributed by atoms with van der Waals surface area (Å²) in [5.74, 6) is -0.165. The summed E-state index contributed by atoms with van der Waals surface area (Å²) in [4.78, 5) is 12.3. The average Bonchev–Trinajstić information content (AvgIpc) is 2.77. The highest BCUT2D eigenvalue weighted by molar-refractivity contribution is 7.88. The lowest BCUT2D eigenvalue weighted by atomic mass is 9.98. The van der Waals surface area contributed by atoms with E-state index < -0.39 is 10.0 Å². The standard InChI is InChI=1S/C23H24FN3O3S/c24-21-8-6-20(7-9-21)22-10-11-23(28)27(25-22)16-18-12-14-26(15-13-18)31(29,30)17-19-4-2-1-3-5-19/h1-11,18H,12-17H2. The molecule has 2 heterocycles. The van der Waals surface area contributed by atoms with E-state index in [1.165, 1.54) is 22.9 Å². The molecule has 1 aliphatic rings. The van der Waals surface area contributed by atoms with Gasteiger partial charge in [0.05, 0.1) is 11.4 Å². The van der Waals surface area contributed by atoms with Crippen molar-refractivity contribution in [3.63, 3.8) is 0 Å². The molecule has 6 nitrogen and oxygen atoms in total. The molecule has 1 saturated heterocycles. The number of hydrogen-bond acceptors (Lipinski definition) is 4. The number of hydrogen-bond donors (Lipinski definition) is 0. The molecule has 0 spiro atoms. The van der Waals surface area contributed by atoms with Gasteiger partial charge in [-0.25, -0.2) is 21.8 Å². The van der Waals surface area contributed by atoms with Gasteiger partial charge >= 0.3 is 0 Å². The fourth-order valence-electron chi connectivity index (χ4n) is 3.85. The minimum absolute atomic E-state index is 0.000758. The third kappa shape index (κ3) is 5.26. The Balaban J connectivity index is 1.40. The number of benzene rings is 2. The van der Waals surface area contributed by atoms with Crippen molar-refractivity contribution in [2.45, 2.75) is 25.1 Å². The molecule has 0 N–H and O–H groups in total. The molecule has 0 unspecified atom stereocenters. The smallest absolute Gasteiger partial charge is 0.266 e. The van der Waals surface area contributed by atoms with E-state index in [4.69, 9.17) is 0 Å². The van der Waals surface area contributed by atoms with E-state index in [0.717, 1.165) is 11.1 Å². The van der Waals surface area contributed by atoms with E-state index in [1.54, 1.807) is 22.5 Å². The Labute approximate surface area is 181 Å². The Bertz CT molecular complexity index is 1190. The van der Waals surface area contributed by atoms with Crippen LogP contribution >= 0.6 is 0 Å². The SMILES string of the molecule is O=c1ccc(-c2ccc(F)cc2)nn1CC1CCN(S(=O)(=O)Cc2ccccc2)CC1. The van der Waals surface area contributed by atoms with Gasteiger partial charge in [-0.3, -0.25) is 4.79 Å². The highest BCUT2D eigenvalue weighted by Crippen LogP contribution is 2.23. The lowest BCUT2D eigenvalue weighted by Gasteiger charge is -2.31. The van der Waals surface area contributed by atoms with Crippen molar-refractivity contribution in [2.24, 2.45) is 5.92 Å². The second-order valence-electron chi connectivity index (χ2n) is 7.83. The van der Waals surface area contributed by atoms with Gasteiger partial charge in [0.1, 0.15) is 5.82 Å². The molecule has 31 heavy (non-hydrogen) atoms. The molecule has 0 atom stereocenters. The van der Waals surface area contributed by atoms with Gasteiger partial charge in [-0.05, 0) is 54.7 Å². The maximum Gasteiger partial charge on any atom is 0.266 e. The van der Waals surface area contributed by atoms with E-state index in [-0.39, 0.29) is 23.0 Å². The van der Waals surface area contributed by atoms with Crippen LogP contribution in [-0.4, -0.2) is 35.6 Å². The number of aromatic nitrogens is 2. The number of halogens is 1. The van der Waals surface area contributed by atoms with E-state index in [0.29, 0.717) is 38.2 Å². The normalized spacial score (nSPS) is 15.8. The number of piperidine rings is 1. The lowest BCUT2D eigenvalue weighted by molar-refractivity contribution is 0.244. The molecule has 1 aliphatic heterocycles. The van der Waals surface area contributed by atoms with Gasteiger partial charge in [0.25, 0.3) is 5.56 Å². The van der Waals surface area contributed by atoms with Crippen molar-refractivity contribution in [3.8, 4) is 11.3 Å². The van der Waals surface area contributed by atoms with Crippen LogP contribution in [0.4, 0.5) is 4.39 Å². The summed E-state index contributed by atoms with van der Waals surface area (Å²) in [5, 5.41) is 4.44. The van der Waals surface area contributed by atoms with Crippen molar-refractivity contribution in [2.75, 3.05) is 13.1 Å². The van der Waals surface area contributed by atoms with E-state index in [1.807, 2.05) is 30.3 Å². The van der Waals surface area contributed by atoms with Crippen LogP contribution in [0.2, 0.25) is 0 Å². The molecule has 0 aliphatic carbocycles. The zero-order chi connectivity index (χ0) is 21.8. The zero-order valence-corrected chi connectivity index (χ0v) is 17.8. The van der Waals surface area contributed by atoms with Gasteiger partial charge in [-0.2, -0.15) is 5.10 Å². The van der Waals surface area contributed by atoms with Crippen LogP contribution in [0.5, 0.6) is 0 Å². The van der Waals surface area contributed by atoms with Gasteiger partial charge < -0.3 is 0 Å². The third-order valence-corrected chi connectivity index (χ3v) is 7.45. The van der Waals surface area contributed by atoms with E-state index in [2.05, 4.69) is 5.10 Å². The van der Waals surface area contributed by atoms with Gasteiger partial charge in [0, 0.05) is 31.3 Å². The van der Waals surface area contributed by atoms with E-state index >= 15 is 0 Å². The quantitative estimate of drug-likeness (QED) is 0.589. The van der Waals surface area contributed by atoms with Crippen molar-refractivity contribution >= 4 is 10.0 Å². The van der Waals surface area contributed by atoms with Crippen molar-refractivity contribution < 1.29 is 12.8 Å². The molecule has 8 heteroatoms. The average molecular weight is 442 g/mol. The Morgan fingerprint density at radius 1 is 0.935 bits per heavy atom. The first-order chi connectivity index (χ1) is 14.9. The topological polar surface area (TPSA) is 72.3 Å². The summed E-state index contributed by atoms with van der Waals surface area (Å²) in [6.07, 6.45) is 1.34. The zero-order valence-electron chi connectivity index (χ0n) is 17.0. The third-order valence-electron chi connectivity index (χ3n) is 5.60. The minimum Gasteiger partial charge on any atom is -0.268 e. The maximum atomic E-state index is 13.2. The first kappa shape index (κ1) is 21.4. The fraction of sp³-hybridized carbons (Fsp3) is 0.304. The van der Waals surface area contributed by atoms with Crippen LogP contribution in [-0.2, 0) is 22.3 Å². The molecule has 1 aromatic heterocycles. The molecule has 1 fully saturated rings. The van der Waals surface area contributed by atoms with Gasteiger partial charge in [-0.15, -0.1) is 0 Å². The number of nitrogens with zero attached hydrogens (tertiary/aromatic N) is 3. The number of sulfonamides is 1. The number of rotatable bonds is 6. The molecule has 0 bridgehead atoms. The summed E-state index contributed by atoms with van der Waals surface area (Å²) in [6, 6.07) is 18.2. The molecule has 0 saturated carbocycles. The van der Waals surface area contributed by atoms with E-state index in [9.17, 15) is 17.6 Å². The highest BCUT2D eigenvalue weighted by atomic mass is 32.2.